The molecule has 8 heteroatoms. The molecule has 0 radical (unpaired) electrons. The van der Waals surface area contributed by atoms with Gasteiger partial charge in [0.05, 0.1) is 17.4 Å². The van der Waals surface area contributed by atoms with Crippen molar-refractivity contribution in [1.82, 2.24) is 15.2 Å². The van der Waals surface area contributed by atoms with Crippen molar-refractivity contribution in [3.63, 3.8) is 0 Å². The van der Waals surface area contributed by atoms with E-state index in [4.69, 9.17) is 5.11 Å². The maximum absolute atomic E-state index is 11.7. The number of rotatable bonds is 4. The summed E-state index contributed by atoms with van der Waals surface area (Å²) < 4.78 is 0. The molecule has 0 saturated carbocycles. The maximum Gasteiger partial charge on any atom is 0.337 e. The highest BCUT2D eigenvalue weighted by atomic mass is 16.4. The Labute approximate surface area is 109 Å². The average molecular weight is 266 g/mol. The fourth-order valence-electron chi connectivity index (χ4n) is 1.21. The second-order valence-corrected chi connectivity index (χ2v) is 3.73. The molecule has 1 heterocycles. The van der Waals surface area contributed by atoms with E-state index >= 15 is 0 Å². The molecule has 0 aliphatic heterocycles. The van der Waals surface area contributed by atoms with Crippen molar-refractivity contribution in [1.29, 1.82) is 0 Å². The SMILES string of the molecule is CNC(=O)CN(C)C(=O)Nc1cncc(C(=O)O)c1. The first-order valence-electron chi connectivity index (χ1n) is 5.35. The Morgan fingerprint density at radius 2 is 2.05 bits per heavy atom. The number of nitrogens with zero attached hydrogens (tertiary/aromatic N) is 2. The van der Waals surface area contributed by atoms with Gasteiger partial charge in [-0.2, -0.15) is 0 Å². The lowest BCUT2D eigenvalue weighted by Crippen LogP contribution is -2.39. The van der Waals surface area contributed by atoms with Crippen LogP contribution in [0.25, 0.3) is 0 Å². The molecular weight excluding hydrogens is 252 g/mol. The first-order valence-corrected chi connectivity index (χ1v) is 5.35. The molecule has 0 aliphatic carbocycles. The quantitative estimate of drug-likeness (QED) is 0.709. The third-order valence-corrected chi connectivity index (χ3v) is 2.24. The summed E-state index contributed by atoms with van der Waals surface area (Å²) in [5.41, 5.74) is 0.209. The minimum atomic E-state index is -1.14. The number of carbonyl (C=O) groups excluding carboxylic acids is 2. The lowest BCUT2D eigenvalue weighted by Gasteiger charge is -2.16. The molecule has 0 aromatic carbocycles. The van der Waals surface area contributed by atoms with E-state index in [1.807, 2.05) is 0 Å². The third kappa shape index (κ3) is 4.26. The number of pyridine rings is 1. The molecule has 3 N–H and O–H groups in total. The lowest BCUT2D eigenvalue weighted by molar-refractivity contribution is -0.120. The Bertz CT molecular complexity index is 503. The van der Waals surface area contributed by atoms with E-state index in [-0.39, 0.29) is 23.7 Å². The topological polar surface area (TPSA) is 112 Å². The van der Waals surface area contributed by atoms with Crippen molar-refractivity contribution in [3.05, 3.63) is 24.0 Å². The van der Waals surface area contributed by atoms with Crippen molar-refractivity contribution in [2.75, 3.05) is 26.0 Å². The largest absolute Gasteiger partial charge is 0.478 e. The molecular formula is C11H14N4O4. The zero-order valence-electron chi connectivity index (χ0n) is 10.5. The van der Waals surface area contributed by atoms with Crippen molar-refractivity contribution in [2.45, 2.75) is 0 Å². The van der Waals surface area contributed by atoms with Crippen LogP contribution in [0.4, 0.5) is 10.5 Å². The van der Waals surface area contributed by atoms with Crippen LogP contribution < -0.4 is 10.6 Å². The lowest BCUT2D eigenvalue weighted by atomic mass is 10.2. The van der Waals surface area contributed by atoms with Gasteiger partial charge in [0.15, 0.2) is 0 Å². The number of anilines is 1. The van der Waals surface area contributed by atoms with Gasteiger partial charge in [-0.3, -0.25) is 9.78 Å². The standard InChI is InChI=1S/C11H14N4O4/c1-12-9(16)6-15(2)11(19)14-8-3-7(10(17)18)4-13-5-8/h3-5H,6H2,1-2H3,(H,12,16)(H,14,19)(H,17,18). The van der Waals surface area contributed by atoms with E-state index in [1.165, 1.54) is 32.6 Å². The molecule has 8 nitrogen and oxygen atoms in total. The molecule has 1 aromatic rings. The van der Waals surface area contributed by atoms with Gasteiger partial charge in [0, 0.05) is 20.3 Å². The number of carboxylic acids is 1. The number of carbonyl (C=O) groups is 3. The molecule has 19 heavy (non-hydrogen) atoms. The highest BCUT2D eigenvalue weighted by Gasteiger charge is 2.13. The summed E-state index contributed by atoms with van der Waals surface area (Å²) >= 11 is 0. The molecule has 0 atom stereocenters. The van der Waals surface area contributed by atoms with E-state index in [2.05, 4.69) is 15.6 Å². The monoisotopic (exact) mass is 266 g/mol. The predicted octanol–water partition coefficient (Wildman–Crippen LogP) is -0.0105. The van der Waals surface area contributed by atoms with Gasteiger partial charge in [0.1, 0.15) is 6.54 Å². The summed E-state index contributed by atoms with van der Waals surface area (Å²) in [6, 6.07) is 0.744. The number of urea groups is 1. The molecule has 0 aliphatic rings. The van der Waals surface area contributed by atoms with E-state index in [9.17, 15) is 14.4 Å². The van der Waals surface area contributed by atoms with Crippen LogP contribution in [0.5, 0.6) is 0 Å². The number of aromatic carboxylic acids is 1. The molecule has 0 spiro atoms. The first-order chi connectivity index (χ1) is 8.93. The van der Waals surface area contributed by atoms with Crippen LogP contribution in [0.15, 0.2) is 18.5 Å². The van der Waals surface area contributed by atoms with Gasteiger partial charge in [-0.25, -0.2) is 9.59 Å². The second-order valence-electron chi connectivity index (χ2n) is 3.73. The number of carboxylic acid groups (broad SMARTS) is 1. The summed E-state index contributed by atoms with van der Waals surface area (Å²) in [5.74, 6) is -1.45. The fraction of sp³-hybridized carbons (Fsp3) is 0.273. The number of aromatic nitrogens is 1. The van der Waals surface area contributed by atoms with Gasteiger partial charge < -0.3 is 20.6 Å². The Balaban J connectivity index is 2.68. The zero-order valence-corrected chi connectivity index (χ0v) is 10.5. The number of hydrogen-bond acceptors (Lipinski definition) is 4. The molecule has 0 unspecified atom stereocenters. The Kier molecular flexibility index (Phi) is 4.81. The normalized spacial score (nSPS) is 9.58. The van der Waals surface area contributed by atoms with E-state index < -0.39 is 12.0 Å². The molecule has 1 aromatic heterocycles. The van der Waals surface area contributed by atoms with Crippen molar-refractivity contribution in [2.24, 2.45) is 0 Å². The zero-order chi connectivity index (χ0) is 14.4. The number of nitrogens with one attached hydrogen (secondary N) is 2. The Morgan fingerprint density at radius 3 is 2.63 bits per heavy atom. The summed E-state index contributed by atoms with van der Waals surface area (Å²) in [7, 11) is 2.91. The third-order valence-electron chi connectivity index (χ3n) is 2.24. The van der Waals surface area contributed by atoms with Crippen molar-refractivity contribution in [3.8, 4) is 0 Å². The predicted molar refractivity (Wildman–Crippen MR) is 66.9 cm³/mol. The van der Waals surface area contributed by atoms with Gasteiger partial charge in [0.25, 0.3) is 0 Å². The van der Waals surface area contributed by atoms with Crippen molar-refractivity contribution < 1.29 is 19.5 Å². The van der Waals surface area contributed by atoms with Crippen LogP contribution in [0.1, 0.15) is 10.4 Å². The Morgan fingerprint density at radius 1 is 1.37 bits per heavy atom. The molecule has 1 rings (SSSR count). The van der Waals surface area contributed by atoms with Gasteiger partial charge in [-0.05, 0) is 6.07 Å². The minimum Gasteiger partial charge on any atom is -0.478 e. The molecule has 102 valence electrons. The highest BCUT2D eigenvalue weighted by Crippen LogP contribution is 2.09. The summed E-state index contributed by atoms with van der Waals surface area (Å²) in [6.45, 7) is -0.103. The van der Waals surface area contributed by atoms with Crippen LogP contribution >= 0.6 is 0 Å². The maximum atomic E-state index is 11.7. The van der Waals surface area contributed by atoms with E-state index in [0.29, 0.717) is 0 Å². The first kappa shape index (κ1) is 14.4. The van der Waals surface area contributed by atoms with Gasteiger partial charge in [-0.15, -0.1) is 0 Å². The molecule has 0 bridgehead atoms. The second kappa shape index (κ2) is 6.34. The van der Waals surface area contributed by atoms with E-state index in [1.54, 1.807) is 0 Å². The fourth-order valence-corrected chi connectivity index (χ4v) is 1.21. The van der Waals surface area contributed by atoms with Crippen molar-refractivity contribution >= 4 is 23.6 Å². The van der Waals surface area contributed by atoms with Crippen LogP contribution in [0.3, 0.4) is 0 Å². The van der Waals surface area contributed by atoms with Crippen LogP contribution in [0, 0.1) is 0 Å². The van der Waals surface area contributed by atoms with Crippen LogP contribution in [-0.2, 0) is 4.79 Å². The van der Waals surface area contributed by atoms with E-state index in [0.717, 1.165) is 4.90 Å². The highest BCUT2D eigenvalue weighted by molar-refractivity contribution is 5.94. The minimum absolute atomic E-state index is 0.0354. The summed E-state index contributed by atoms with van der Waals surface area (Å²) in [5, 5.41) is 13.6. The van der Waals surface area contributed by atoms with Gasteiger partial charge >= 0.3 is 12.0 Å². The Hall–Kier alpha value is -2.64. The number of hydrogen-bond donors (Lipinski definition) is 3. The molecule has 0 saturated heterocycles. The van der Waals surface area contributed by atoms with Gasteiger partial charge in [-0.1, -0.05) is 0 Å². The van der Waals surface area contributed by atoms with Crippen LogP contribution in [0.2, 0.25) is 0 Å². The summed E-state index contributed by atoms with van der Waals surface area (Å²) in [4.78, 5) is 38.4. The number of likely N-dealkylation sites (N-methyl/N-ethyl adjacent to an activating group) is 2. The summed E-state index contributed by atoms with van der Waals surface area (Å²) in [6.07, 6.45) is 2.49. The number of amides is 3. The van der Waals surface area contributed by atoms with Crippen LogP contribution in [-0.4, -0.2) is 53.5 Å². The average Bonchev–Trinajstić information content (AvgIpc) is 2.38. The molecule has 3 amide bonds. The van der Waals surface area contributed by atoms with Gasteiger partial charge in [0.2, 0.25) is 5.91 Å². The smallest absolute Gasteiger partial charge is 0.337 e. The molecule has 0 fully saturated rings.